The van der Waals surface area contributed by atoms with Crippen molar-refractivity contribution in [2.75, 3.05) is 0 Å². The van der Waals surface area contributed by atoms with Gasteiger partial charge in [-0.05, 0) is 48.0 Å². The number of nitriles is 2. The highest BCUT2D eigenvalue weighted by atomic mass is 16.3. The van der Waals surface area contributed by atoms with Gasteiger partial charge in [-0.25, -0.2) is 0 Å². The highest BCUT2D eigenvalue weighted by Crippen LogP contribution is 2.48. The van der Waals surface area contributed by atoms with Crippen LogP contribution in [0.2, 0.25) is 0 Å². The minimum absolute atomic E-state index is 0.370. The third kappa shape index (κ3) is 3.92. The number of para-hydroxylation sites is 4. The zero-order chi connectivity index (χ0) is 37.1. The first-order valence-corrected chi connectivity index (χ1v) is 18.5. The largest absolute Gasteiger partial charge is 0.454 e. The SMILES string of the molecule is N#Cc1cc(C#N)c(-n2c3ccccc3c3ccc4c5ccccc5oc4c32)c(-c2ccccc2)c1-n1c2ccccc2c2ccc3c4ccccc4oc3c21. The normalized spacial score (nSPS) is 11.9. The lowest BCUT2D eigenvalue weighted by atomic mass is 9.93. The Balaban J connectivity index is 1.35. The lowest BCUT2D eigenvalue weighted by molar-refractivity contribution is 0.671. The molecule has 0 saturated carbocycles. The van der Waals surface area contributed by atoms with Gasteiger partial charge in [-0.15, -0.1) is 0 Å². The average Bonchev–Trinajstić information content (AvgIpc) is 4.01. The topological polar surface area (TPSA) is 83.7 Å². The minimum atomic E-state index is 0.370. The van der Waals surface area contributed by atoms with E-state index < -0.39 is 0 Å². The molecule has 6 heteroatoms. The van der Waals surface area contributed by atoms with Crippen LogP contribution in [0.3, 0.4) is 0 Å². The van der Waals surface area contributed by atoms with E-state index in [0.29, 0.717) is 22.5 Å². The number of benzene rings is 8. The molecule has 8 aromatic carbocycles. The maximum atomic E-state index is 11.1. The van der Waals surface area contributed by atoms with Crippen molar-refractivity contribution in [1.29, 1.82) is 10.5 Å². The smallest absolute Gasteiger partial charge is 0.160 e. The third-order valence-electron chi connectivity index (χ3n) is 11.4. The van der Waals surface area contributed by atoms with Gasteiger partial charge in [0.2, 0.25) is 0 Å². The van der Waals surface area contributed by atoms with E-state index in [1.54, 1.807) is 6.07 Å². The van der Waals surface area contributed by atoms with E-state index in [9.17, 15) is 10.5 Å². The van der Waals surface area contributed by atoms with Gasteiger partial charge < -0.3 is 18.0 Å². The predicted molar refractivity (Wildman–Crippen MR) is 225 cm³/mol. The van der Waals surface area contributed by atoms with Crippen molar-refractivity contribution in [3.8, 4) is 34.6 Å². The Morgan fingerprint density at radius 1 is 0.393 bits per heavy atom. The van der Waals surface area contributed by atoms with Gasteiger partial charge >= 0.3 is 0 Å². The third-order valence-corrected chi connectivity index (χ3v) is 11.4. The number of fused-ring (bicyclic) bond motifs is 14. The molecule has 0 N–H and O–H groups in total. The Labute approximate surface area is 318 Å². The first-order chi connectivity index (χ1) is 27.7. The van der Waals surface area contributed by atoms with E-state index in [0.717, 1.165) is 98.6 Å². The van der Waals surface area contributed by atoms with E-state index in [1.165, 1.54) is 0 Å². The zero-order valence-corrected chi connectivity index (χ0v) is 29.6. The molecular weight excluding hydrogens is 689 g/mol. The van der Waals surface area contributed by atoms with Crippen molar-refractivity contribution in [2.24, 2.45) is 0 Å². The highest BCUT2D eigenvalue weighted by Gasteiger charge is 2.29. The van der Waals surface area contributed by atoms with Crippen molar-refractivity contribution in [3.05, 3.63) is 169 Å². The average molecular weight is 715 g/mol. The van der Waals surface area contributed by atoms with E-state index in [2.05, 4.69) is 94.1 Å². The Bertz CT molecular complexity index is 3510. The van der Waals surface area contributed by atoms with Gasteiger partial charge in [0.25, 0.3) is 0 Å². The number of furan rings is 2. The quantitative estimate of drug-likeness (QED) is 0.182. The lowest BCUT2D eigenvalue weighted by Gasteiger charge is -2.22. The first-order valence-electron chi connectivity index (χ1n) is 18.5. The summed E-state index contributed by atoms with van der Waals surface area (Å²) < 4.78 is 17.9. The van der Waals surface area contributed by atoms with Crippen molar-refractivity contribution < 1.29 is 8.83 Å². The minimum Gasteiger partial charge on any atom is -0.454 e. The number of aromatic nitrogens is 2. The summed E-state index contributed by atoms with van der Waals surface area (Å²) in [5.41, 5.74) is 10.2. The summed E-state index contributed by atoms with van der Waals surface area (Å²) in [6, 6.07) is 58.2. The molecule has 0 atom stereocenters. The maximum Gasteiger partial charge on any atom is 0.160 e. The first kappa shape index (κ1) is 30.4. The molecule has 12 aromatic rings. The molecule has 0 saturated heterocycles. The van der Waals surface area contributed by atoms with Gasteiger partial charge in [0.1, 0.15) is 23.3 Å². The molecule has 0 aliphatic carbocycles. The van der Waals surface area contributed by atoms with E-state index in [4.69, 9.17) is 8.83 Å². The summed E-state index contributed by atoms with van der Waals surface area (Å²) in [6.07, 6.45) is 0. The molecule has 0 fully saturated rings. The standard InChI is InChI=1S/C50H26N4O2/c51-27-30-26-31(28-52)46(54-41-19-9-5-15-33(41)37-23-25-39-35-17-7-11-21-43(35)56-50(39)48(37)54)44(29-12-2-1-3-13-29)45(30)53-40-18-8-4-14-32(40)36-22-24-38-34-16-6-10-20-42(34)55-49(38)47(36)53/h1-26H. The van der Waals surface area contributed by atoms with Gasteiger partial charge in [0, 0.05) is 48.7 Å². The van der Waals surface area contributed by atoms with Gasteiger partial charge in [0.05, 0.1) is 44.6 Å². The van der Waals surface area contributed by atoms with E-state index >= 15 is 0 Å². The summed E-state index contributed by atoms with van der Waals surface area (Å²) in [4.78, 5) is 0. The molecule has 4 heterocycles. The fourth-order valence-corrected chi connectivity index (χ4v) is 9.10. The van der Waals surface area contributed by atoms with Crippen LogP contribution in [0, 0.1) is 22.7 Å². The summed E-state index contributed by atoms with van der Waals surface area (Å²) in [7, 11) is 0. The van der Waals surface area contributed by atoms with Crippen molar-refractivity contribution in [1.82, 2.24) is 9.13 Å². The Kier molecular flexibility index (Phi) is 6.10. The number of nitrogens with zero attached hydrogens (tertiary/aromatic N) is 4. The molecule has 0 bridgehead atoms. The van der Waals surface area contributed by atoms with Crippen LogP contribution in [0.1, 0.15) is 11.1 Å². The predicted octanol–water partition coefficient (Wildman–Crippen LogP) is 13.1. The molecule has 0 amide bonds. The van der Waals surface area contributed by atoms with Crippen LogP contribution in [0.15, 0.2) is 167 Å². The van der Waals surface area contributed by atoms with Crippen molar-refractivity contribution >= 4 is 87.5 Å². The van der Waals surface area contributed by atoms with Crippen LogP contribution in [0.5, 0.6) is 0 Å². The van der Waals surface area contributed by atoms with Gasteiger partial charge in [-0.1, -0.05) is 115 Å². The molecule has 12 rings (SSSR count). The van der Waals surface area contributed by atoms with Gasteiger partial charge in [0.15, 0.2) is 11.2 Å². The maximum absolute atomic E-state index is 11.1. The second-order valence-electron chi connectivity index (χ2n) is 14.2. The highest BCUT2D eigenvalue weighted by molar-refractivity contribution is 6.24. The van der Waals surface area contributed by atoms with Crippen molar-refractivity contribution in [2.45, 2.75) is 0 Å². The zero-order valence-electron chi connectivity index (χ0n) is 29.6. The molecule has 0 aliphatic heterocycles. The number of rotatable bonds is 3. The summed E-state index contributed by atoms with van der Waals surface area (Å²) in [5.74, 6) is 0. The molecular formula is C50H26N4O2. The van der Waals surface area contributed by atoms with Crippen LogP contribution in [-0.2, 0) is 0 Å². The fraction of sp³-hybridized carbons (Fsp3) is 0. The van der Waals surface area contributed by atoms with Gasteiger partial charge in [-0.2, -0.15) is 10.5 Å². The van der Waals surface area contributed by atoms with Crippen LogP contribution in [0.25, 0.3) is 110 Å². The van der Waals surface area contributed by atoms with Crippen LogP contribution in [-0.4, -0.2) is 9.13 Å². The van der Waals surface area contributed by atoms with E-state index in [1.807, 2.05) is 78.9 Å². The Morgan fingerprint density at radius 3 is 1.29 bits per heavy atom. The van der Waals surface area contributed by atoms with Crippen LogP contribution < -0.4 is 0 Å². The number of hydrogen-bond acceptors (Lipinski definition) is 4. The summed E-state index contributed by atoms with van der Waals surface area (Å²) in [6.45, 7) is 0. The fourth-order valence-electron chi connectivity index (χ4n) is 9.10. The monoisotopic (exact) mass is 714 g/mol. The molecule has 0 unspecified atom stereocenters. The lowest BCUT2D eigenvalue weighted by Crippen LogP contribution is -2.09. The molecule has 0 spiro atoms. The molecule has 56 heavy (non-hydrogen) atoms. The second-order valence-corrected chi connectivity index (χ2v) is 14.2. The summed E-state index contributed by atoms with van der Waals surface area (Å²) >= 11 is 0. The second kappa shape index (κ2) is 11.2. The molecule has 4 aromatic heterocycles. The van der Waals surface area contributed by atoms with Crippen LogP contribution in [0.4, 0.5) is 0 Å². The van der Waals surface area contributed by atoms with Crippen molar-refractivity contribution in [3.63, 3.8) is 0 Å². The van der Waals surface area contributed by atoms with E-state index in [-0.39, 0.29) is 0 Å². The summed E-state index contributed by atoms with van der Waals surface area (Å²) in [5, 5.41) is 30.4. The number of hydrogen-bond donors (Lipinski definition) is 0. The molecule has 0 aliphatic rings. The Morgan fingerprint density at radius 2 is 0.804 bits per heavy atom. The van der Waals surface area contributed by atoms with Crippen LogP contribution >= 0.6 is 0 Å². The Hall–Kier alpha value is -8.06. The molecule has 0 radical (unpaired) electrons. The molecule has 6 nitrogen and oxygen atoms in total. The molecule has 258 valence electrons. The van der Waals surface area contributed by atoms with Gasteiger partial charge in [-0.3, -0.25) is 0 Å².